The van der Waals surface area contributed by atoms with Crippen molar-refractivity contribution in [3.8, 4) is 17.0 Å². The number of ether oxygens (including phenoxy) is 1. The standard InChI is InChI=1S/C20H20N6O2/c1-4-25-13(2)16(12-22-25)18-8-9-21-19-11-17(24-26(18)19)20(27)23-14-6-5-7-15(10-14)28-3/h5-12H,4H2,1-3H3,(H,23,27). The van der Waals surface area contributed by atoms with Crippen LogP contribution >= 0.6 is 0 Å². The van der Waals surface area contributed by atoms with E-state index in [2.05, 4.69) is 20.5 Å². The lowest BCUT2D eigenvalue weighted by Gasteiger charge is -2.05. The van der Waals surface area contributed by atoms with Crippen LogP contribution in [0.2, 0.25) is 0 Å². The van der Waals surface area contributed by atoms with Gasteiger partial charge in [0.25, 0.3) is 5.91 Å². The van der Waals surface area contributed by atoms with E-state index in [1.165, 1.54) is 0 Å². The van der Waals surface area contributed by atoms with Crippen LogP contribution < -0.4 is 10.1 Å². The van der Waals surface area contributed by atoms with Crippen LogP contribution in [0, 0.1) is 6.92 Å². The Balaban J connectivity index is 1.69. The fraction of sp³-hybridized carbons (Fsp3) is 0.200. The molecular formula is C20H20N6O2. The van der Waals surface area contributed by atoms with Crippen molar-refractivity contribution >= 4 is 17.2 Å². The van der Waals surface area contributed by atoms with Crippen molar-refractivity contribution in [1.82, 2.24) is 24.4 Å². The number of hydrogen-bond donors (Lipinski definition) is 1. The van der Waals surface area contributed by atoms with Crippen LogP contribution in [-0.2, 0) is 6.54 Å². The Morgan fingerprint density at radius 2 is 2.11 bits per heavy atom. The minimum absolute atomic E-state index is 0.281. The van der Waals surface area contributed by atoms with Gasteiger partial charge < -0.3 is 10.1 Å². The number of carbonyl (C=O) groups is 1. The van der Waals surface area contributed by atoms with Gasteiger partial charge in [-0.05, 0) is 32.0 Å². The summed E-state index contributed by atoms with van der Waals surface area (Å²) in [6.45, 7) is 4.84. The van der Waals surface area contributed by atoms with Crippen molar-refractivity contribution < 1.29 is 9.53 Å². The lowest BCUT2D eigenvalue weighted by atomic mass is 10.2. The maximum atomic E-state index is 12.7. The molecule has 3 heterocycles. The molecule has 1 amide bonds. The van der Waals surface area contributed by atoms with E-state index in [1.807, 2.05) is 42.9 Å². The number of aryl methyl sites for hydroxylation is 1. The molecule has 4 aromatic rings. The van der Waals surface area contributed by atoms with E-state index in [4.69, 9.17) is 4.74 Å². The molecule has 0 unspecified atom stereocenters. The summed E-state index contributed by atoms with van der Waals surface area (Å²) in [6.07, 6.45) is 3.52. The van der Waals surface area contributed by atoms with Gasteiger partial charge in [-0.2, -0.15) is 10.2 Å². The lowest BCUT2D eigenvalue weighted by Crippen LogP contribution is -2.12. The first-order valence-corrected chi connectivity index (χ1v) is 8.93. The summed E-state index contributed by atoms with van der Waals surface area (Å²) in [5.41, 5.74) is 4.34. The first-order valence-electron chi connectivity index (χ1n) is 8.93. The molecule has 0 bridgehead atoms. The second kappa shape index (κ2) is 7.15. The quantitative estimate of drug-likeness (QED) is 0.578. The summed E-state index contributed by atoms with van der Waals surface area (Å²) in [5, 5.41) is 11.7. The highest BCUT2D eigenvalue weighted by atomic mass is 16.5. The molecule has 0 aliphatic rings. The fourth-order valence-electron chi connectivity index (χ4n) is 3.12. The largest absolute Gasteiger partial charge is 0.497 e. The van der Waals surface area contributed by atoms with Gasteiger partial charge in [-0.1, -0.05) is 6.07 Å². The van der Waals surface area contributed by atoms with E-state index in [-0.39, 0.29) is 11.6 Å². The number of methoxy groups -OCH3 is 1. The predicted octanol–water partition coefficient (Wildman–Crippen LogP) is 3.18. The van der Waals surface area contributed by atoms with Gasteiger partial charge in [0.1, 0.15) is 5.75 Å². The molecule has 0 fully saturated rings. The molecule has 0 aliphatic heterocycles. The number of nitrogens with one attached hydrogen (secondary N) is 1. The van der Waals surface area contributed by atoms with Crippen molar-refractivity contribution in [2.45, 2.75) is 20.4 Å². The van der Waals surface area contributed by atoms with Crippen molar-refractivity contribution in [1.29, 1.82) is 0 Å². The Hall–Kier alpha value is -3.68. The molecule has 1 aromatic carbocycles. The minimum atomic E-state index is -0.314. The third-order valence-corrected chi connectivity index (χ3v) is 4.60. The molecule has 4 rings (SSSR count). The van der Waals surface area contributed by atoms with Crippen LogP contribution in [0.15, 0.2) is 48.8 Å². The van der Waals surface area contributed by atoms with E-state index in [0.29, 0.717) is 17.1 Å². The molecule has 8 heteroatoms. The van der Waals surface area contributed by atoms with Crippen molar-refractivity contribution in [2.24, 2.45) is 0 Å². The SMILES string of the molecule is CCn1ncc(-c2ccnc3cc(C(=O)Nc4cccc(OC)c4)nn23)c1C. The smallest absolute Gasteiger partial charge is 0.276 e. The number of amides is 1. The topological polar surface area (TPSA) is 86.3 Å². The van der Waals surface area contributed by atoms with Gasteiger partial charge in [0.2, 0.25) is 0 Å². The number of benzene rings is 1. The zero-order chi connectivity index (χ0) is 19.7. The van der Waals surface area contributed by atoms with Gasteiger partial charge in [0, 0.05) is 41.8 Å². The number of nitrogens with zero attached hydrogens (tertiary/aromatic N) is 5. The van der Waals surface area contributed by atoms with Gasteiger partial charge in [0.05, 0.1) is 19.0 Å². The Bertz CT molecular complexity index is 1160. The second-order valence-corrected chi connectivity index (χ2v) is 6.28. The summed E-state index contributed by atoms with van der Waals surface area (Å²) in [4.78, 5) is 17.0. The average Bonchev–Trinajstić information content (AvgIpc) is 3.31. The highest BCUT2D eigenvalue weighted by Crippen LogP contribution is 2.24. The van der Waals surface area contributed by atoms with Crippen molar-refractivity contribution in [3.05, 3.63) is 60.2 Å². The van der Waals surface area contributed by atoms with E-state index in [9.17, 15) is 4.79 Å². The maximum absolute atomic E-state index is 12.7. The number of rotatable bonds is 5. The molecule has 0 radical (unpaired) electrons. The summed E-state index contributed by atoms with van der Waals surface area (Å²) in [6, 6.07) is 10.7. The highest BCUT2D eigenvalue weighted by Gasteiger charge is 2.17. The number of hydrogen-bond acceptors (Lipinski definition) is 5. The zero-order valence-electron chi connectivity index (χ0n) is 15.9. The predicted molar refractivity (Wildman–Crippen MR) is 106 cm³/mol. The van der Waals surface area contributed by atoms with E-state index >= 15 is 0 Å². The van der Waals surface area contributed by atoms with E-state index in [0.717, 1.165) is 23.5 Å². The maximum Gasteiger partial charge on any atom is 0.276 e. The Labute approximate surface area is 161 Å². The van der Waals surface area contributed by atoms with Crippen LogP contribution in [0.3, 0.4) is 0 Å². The van der Waals surface area contributed by atoms with Crippen molar-refractivity contribution in [2.75, 3.05) is 12.4 Å². The van der Waals surface area contributed by atoms with E-state index in [1.54, 1.807) is 36.0 Å². The van der Waals surface area contributed by atoms with Gasteiger partial charge in [-0.15, -0.1) is 0 Å². The van der Waals surface area contributed by atoms with Crippen LogP contribution in [0.5, 0.6) is 5.75 Å². The first kappa shape index (κ1) is 17.7. The summed E-state index contributed by atoms with van der Waals surface area (Å²) in [7, 11) is 1.58. The molecule has 1 N–H and O–H groups in total. The molecule has 8 nitrogen and oxygen atoms in total. The van der Waals surface area contributed by atoms with Crippen molar-refractivity contribution in [3.63, 3.8) is 0 Å². The number of aromatic nitrogens is 5. The summed E-state index contributed by atoms with van der Waals surface area (Å²) in [5.74, 6) is 0.353. The number of fused-ring (bicyclic) bond motifs is 1. The van der Waals surface area contributed by atoms with Crippen LogP contribution in [0.4, 0.5) is 5.69 Å². The minimum Gasteiger partial charge on any atom is -0.497 e. The zero-order valence-corrected chi connectivity index (χ0v) is 15.9. The third-order valence-electron chi connectivity index (χ3n) is 4.60. The monoisotopic (exact) mass is 376 g/mol. The normalized spacial score (nSPS) is 11.0. The molecule has 0 saturated heterocycles. The van der Waals surface area contributed by atoms with Crippen LogP contribution in [0.25, 0.3) is 16.9 Å². The van der Waals surface area contributed by atoms with Gasteiger partial charge in [-0.3, -0.25) is 9.48 Å². The van der Waals surface area contributed by atoms with Crippen LogP contribution in [-0.4, -0.2) is 37.4 Å². The first-order chi connectivity index (χ1) is 13.6. The molecule has 0 atom stereocenters. The number of carbonyl (C=O) groups excluding carboxylic acids is 1. The molecule has 0 spiro atoms. The second-order valence-electron chi connectivity index (χ2n) is 6.28. The molecule has 142 valence electrons. The van der Waals surface area contributed by atoms with Gasteiger partial charge in [-0.25, -0.2) is 9.50 Å². The Morgan fingerprint density at radius 1 is 1.25 bits per heavy atom. The molecular weight excluding hydrogens is 356 g/mol. The molecule has 0 saturated carbocycles. The van der Waals surface area contributed by atoms with Gasteiger partial charge in [0.15, 0.2) is 11.3 Å². The summed E-state index contributed by atoms with van der Waals surface area (Å²) >= 11 is 0. The van der Waals surface area contributed by atoms with Gasteiger partial charge >= 0.3 is 0 Å². The average molecular weight is 376 g/mol. The number of anilines is 1. The lowest BCUT2D eigenvalue weighted by molar-refractivity contribution is 0.102. The highest BCUT2D eigenvalue weighted by molar-refractivity contribution is 6.03. The Kier molecular flexibility index (Phi) is 4.52. The van der Waals surface area contributed by atoms with Crippen LogP contribution in [0.1, 0.15) is 23.1 Å². The third kappa shape index (κ3) is 3.09. The van der Waals surface area contributed by atoms with E-state index < -0.39 is 0 Å². The molecule has 28 heavy (non-hydrogen) atoms. The molecule has 0 aliphatic carbocycles. The molecule has 3 aromatic heterocycles. The summed E-state index contributed by atoms with van der Waals surface area (Å²) < 4.78 is 8.78. The fourth-order valence-corrected chi connectivity index (χ4v) is 3.12. The Morgan fingerprint density at radius 3 is 2.86 bits per heavy atom.